The maximum atomic E-state index is 12.4. The van der Waals surface area contributed by atoms with Crippen LogP contribution in [-0.4, -0.2) is 25.6 Å². The average Bonchev–Trinajstić information content (AvgIpc) is 2.94. The molecule has 9 heteroatoms. The van der Waals surface area contributed by atoms with E-state index in [0.29, 0.717) is 17.0 Å². The van der Waals surface area contributed by atoms with E-state index in [9.17, 15) is 14.9 Å². The van der Waals surface area contributed by atoms with E-state index in [2.05, 4.69) is 15.4 Å². The molecule has 0 fully saturated rings. The lowest BCUT2D eigenvalue weighted by Crippen LogP contribution is -2.12. The number of nitro groups is 1. The van der Waals surface area contributed by atoms with Crippen molar-refractivity contribution in [3.05, 3.63) is 70.3 Å². The zero-order chi connectivity index (χ0) is 18.7. The standard InChI is InChI=1S/C17H15N5O4/c1-11-16(10-21(2)20-11)17(23)19-12-6-13(22(24)25)8-15(7-12)26-14-4-3-5-18-9-14/h3-10H,1-2H3,(H,19,23). The summed E-state index contributed by atoms with van der Waals surface area (Å²) in [6, 6.07) is 7.39. The van der Waals surface area contributed by atoms with E-state index in [1.54, 1.807) is 38.5 Å². The Bertz CT molecular complexity index is 969. The molecule has 0 spiro atoms. The van der Waals surface area contributed by atoms with Crippen LogP contribution in [0.2, 0.25) is 0 Å². The van der Waals surface area contributed by atoms with Crippen molar-refractivity contribution in [3.63, 3.8) is 0 Å². The minimum absolute atomic E-state index is 0.204. The van der Waals surface area contributed by atoms with Gasteiger partial charge in [0, 0.05) is 31.6 Å². The van der Waals surface area contributed by atoms with Gasteiger partial charge >= 0.3 is 0 Å². The fourth-order valence-electron chi connectivity index (χ4n) is 2.38. The monoisotopic (exact) mass is 353 g/mol. The molecule has 2 heterocycles. The fourth-order valence-corrected chi connectivity index (χ4v) is 2.38. The Hall–Kier alpha value is -3.75. The number of rotatable bonds is 5. The van der Waals surface area contributed by atoms with Crippen LogP contribution in [0.3, 0.4) is 0 Å². The van der Waals surface area contributed by atoms with Gasteiger partial charge in [-0.05, 0) is 19.1 Å². The van der Waals surface area contributed by atoms with E-state index in [1.165, 1.54) is 29.1 Å². The van der Waals surface area contributed by atoms with E-state index < -0.39 is 10.8 Å². The molecule has 3 aromatic rings. The summed E-state index contributed by atoms with van der Waals surface area (Å²) in [6.45, 7) is 1.71. The SMILES string of the molecule is Cc1nn(C)cc1C(=O)Nc1cc(Oc2cccnc2)cc([N+](=O)[O-])c1. The van der Waals surface area contributed by atoms with Crippen molar-refractivity contribution in [3.8, 4) is 11.5 Å². The Balaban J connectivity index is 1.89. The molecule has 132 valence electrons. The van der Waals surface area contributed by atoms with Crippen LogP contribution in [0.25, 0.3) is 0 Å². The minimum atomic E-state index is -0.554. The smallest absolute Gasteiger partial charge is 0.275 e. The van der Waals surface area contributed by atoms with Crippen molar-refractivity contribution in [2.24, 2.45) is 7.05 Å². The molecule has 0 radical (unpaired) electrons. The highest BCUT2D eigenvalue weighted by atomic mass is 16.6. The van der Waals surface area contributed by atoms with Crippen LogP contribution >= 0.6 is 0 Å². The van der Waals surface area contributed by atoms with Gasteiger partial charge in [-0.2, -0.15) is 5.10 Å². The lowest BCUT2D eigenvalue weighted by atomic mass is 10.2. The van der Waals surface area contributed by atoms with Gasteiger partial charge in [0.05, 0.1) is 34.1 Å². The number of non-ortho nitro benzene ring substituents is 1. The van der Waals surface area contributed by atoms with Gasteiger partial charge in [0.15, 0.2) is 0 Å². The first-order valence-electron chi connectivity index (χ1n) is 7.61. The van der Waals surface area contributed by atoms with Crippen molar-refractivity contribution < 1.29 is 14.5 Å². The molecule has 0 aliphatic rings. The molecule has 26 heavy (non-hydrogen) atoms. The summed E-state index contributed by atoms with van der Waals surface area (Å²) >= 11 is 0. The number of aromatic nitrogens is 3. The number of hydrogen-bond donors (Lipinski definition) is 1. The minimum Gasteiger partial charge on any atom is -0.455 e. The van der Waals surface area contributed by atoms with Gasteiger partial charge in [0.1, 0.15) is 11.5 Å². The Labute approximate surface area is 148 Å². The number of pyridine rings is 1. The number of carbonyl (C=O) groups is 1. The Kier molecular flexibility index (Phi) is 4.61. The summed E-state index contributed by atoms with van der Waals surface area (Å²) in [7, 11) is 1.71. The molecule has 3 rings (SSSR count). The van der Waals surface area contributed by atoms with Gasteiger partial charge in [-0.1, -0.05) is 0 Å². The number of nitrogens with one attached hydrogen (secondary N) is 1. The molecule has 1 aromatic carbocycles. The molecule has 0 atom stereocenters. The quantitative estimate of drug-likeness (QED) is 0.557. The summed E-state index contributed by atoms with van der Waals surface area (Å²) in [5, 5.41) is 17.9. The molecule has 0 unspecified atom stereocenters. The molecule has 9 nitrogen and oxygen atoms in total. The zero-order valence-corrected chi connectivity index (χ0v) is 14.0. The first-order chi connectivity index (χ1) is 12.4. The average molecular weight is 353 g/mol. The Morgan fingerprint density at radius 2 is 2.12 bits per heavy atom. The van der Waals surface area contributed by atoms with Crippen LogP contribution in [-0.2, 0) is 7.05 Å². The van der Waals surface area contributed by atoms with E-state index in [0.717, 1.165) is 0 Å². The molecule has 0 bridgehead atoms. The summed E-state index contributed by atoms with van der Waals surface area (Å²) in [4.78, 5) is 27.0. The summed E-state index contributed by atoms with van der Waals surface area (Å²) < 4.78 is 7.11. The second kappa shape index (κ2) is 7.01. The zero-order valence-electron chi connectivity index (χ0n) is 14.0. The van der Waals surface area contributed by atoms with E-state index in [4.69, 9.17) is 4.74 Å². The first kappa shape index (κ1) is 17.1. The Morgan fingerprint density at radius 1 is 1.31 bits per heavy atom. The predicted octanol–water partition coefficient (Wildman–Crippen LogP) is 3.08. The lowest BCUT2D eigenvalue weighted by molar-refractivity contribution is -0.384. The van der Waals surface area contributed by atoms with Crippen molar-refractivity contribution in [2.45, 2.75) is 6.92 Å². The van der Waals surface area contributed by atoms with Gasteiger partial charge in [-0.15, -0.1) is 0 Å². The van der Waals surface area contributed by atoms with Crippen LogP contribution in [0.5, 0.6) is 11.5 Å². The molecule has 0 saturated heterocycles. The van der Waals surface area contributed by atoms with E-state index >= 15 is 0 Å². The number of carbonyl (C=O) groups excluding carboxylic acids is 1. The molecular weight excluding hydrogens is 338 g/mol. The van der Waals surface area contributed by atoms with Gasteiger partial charge in [0.25, 0.3) is 11.6 Å². The van der Waals surface area contributed by atoms with Gasteiger partial charge in [-0.3, -0.25) is 24.6 Å². The van der Waals surface area contributed by atoms with Crippen molar-refractivity contribution in [2.75, 3.05) is 5.32 Å². The van der Waals surface area contributed by atoms with Gasteiger partial charge in [-0.25, -0.2) is 0 Å². The molecule has 2 aromatic heterocycles. The van der Waals surface area contributed by atoms with Crippen LogP contribution in [0.4, 0.5) is 11.4 Å². The van der Waals surface area contributed by atoms with E-state index in [1.807, 2.05) is 0 Å². The molecule has 0 aliphatic heterocycles. The third kappa shape index (κ3) is 3.83. The highest BCUT2D eigenvalue weighted by Gasteiger charge is 2.16. The molecule has 1 N–H and O–H groups in total. The maximum absolute atomic E-state index is 12.4. The number of anilines is 1. The van der Waals surface area contributed by atoms with Crippen LogP contribution in [0.15, 0.2) is 48.9 Å². The van der Waals surface area contributed by atoms with Crippen LogP contribution < -0.4 is 10.1 Å². The number of amides is 1. The number of aryl methyl sites for hydroxylation is 2. The number of nitro benzene ring substituents is 1. The number of benzene rings is 1. The molecular formula is C17H15N5O4. The second-order valence-corrected chi connectivity index (χ2v) is 5.52. The van der Waals surface area contributed by atoms with Crippen molar-refractivity contribution >= 4 is 17.3 Å². The van der Waals surface area contributed by atoms with E-state index in [-0.39, 0.29) is 17.1 Å². The maximum Gasteiger partial charge on any atom is 0.275 e. The summed E-state index contributed by atoms with van der Waals surface area (Å²) in [5.74, 6) is 0.224. The number of ether oxygens (including phenoxy) is 1. The fraction of sp³-hybridized carbons (Fsp3) is 0.118. The summed E-state index contributed by atoms with van der Waals surface area (Å²) in [5.41, 5.74) is 0.979. The molecule has 1 amide bonds. The molecule has 0 aliphatic carbocycles. The highest BCUT2D eigenvalue weighted by molar-refractivity contribution is 6.05. The van der Waals surface area contributed by atoms with Crippen LogP contribution in [0, 0.1) is 17.0 Å². The summed E-state index contributed by atoms with van der Waals surface area (Å²) in [6.07, 6.45) is 4.65. The van der Waals surface area contributed by atoms with Crippen molar-refractivity contribution in [1.29, 1.82) is 0 Å². The van der Waals surface area contributed by atoms with Crippen LogP contribution in [0.1, 0.15) is 16.1 Å². The van der Waals surface area contributed by atoms with Gasteiger partial charge in [0.2, 0.25) is 0 Å². The predicted molar refractivity (Wildman–Crippen MR) is 93.3 cm³/mol. The third-order valence-electron chi connectivity index (χ3n) is 3.49. The first-order valence-corrected chi connectivity index (χ1v) is 7.61. The highest BCUT2D eigenvalue weighted by Crippen LogP contribution is 2.29. The second-order valence-electron chi connectivity index (χ2n) is 5.52. The topological polar surface area (TPSA) is 112 Å². The largest absolute Gasteiger partial charge is 0.455 e. The normalized spacial score (nSPS) is 10.4. The number of nitrogens with zero attached hydrogens (tertiary/aromatic N) is 4. The number of hydrogen-bond acceptors (Lipinski definition) is 6. The lowest BCUT2D eigenvalue weighted by Gasteiger charge is -2.09. The third-order valence-corrected chi connectivity index (χ3v) is 3.49. The molecule has 0 saturated carbocycles. The Morgan fingerprint density at radius 3 is 2.73 bits per heavy atom. The van der Waals surface area contributed by atoms with Gasteiger partial charge < -0.3 is 10.1 Å². The van der Waals surface area contributed by atoms with Crippen molar-refractivity contribution in [1.82, 2.24) is 14.8 Å².